The molecule has 1 N–H and O–H groups in total. The van der Waals surface area contributed by atoms with E-state index in [4.69, 9.17) is 25.8 Å². The predicted octanol–water partition coefficient (Wildman–Crippen LogP) is 3.84. The van der Waals surface area contributed by atoms with E-state index in [0.29, 0.717) is 4.31 Å². The number of β-amino-alcohol motifs (C(OH)–C–C–N with tert-alkyl or cyclic N) is 1. The van der Waals surface area contributed by atoms with E-state index < -0.39 is 56.6 Å². The number of rotatable bonds is 8. The number of amides is 1. The third-order valence-corrected chi connectivity index (χ3v) is 9.61. The Morgan fingerprint density at radius 3 is 2.36 bits per heavy atom. The van der Waals surface area contributed by atoms with Crippen molar-refractivity contribution in [3.05, 3.63) is 76.8 Å². The van der Waals surface area contributed by atoms with Crippen molar-refractivity contribution in [1.82, 2.24) is 4.90 Å². The second-order valence-corrected chi connectivity index (χ2v) is 12.3. The normalized spacial score (nSPS) is 21.9. The van der Waals surface area contributed by atoms with Gasteiger partial charge in [0, 0.05) is 35.2 Å². The van der Waals surface area contributed by atoms with Gasteiger partial charge in [0.25, 0.3) is 15.9 Å². The molecular formula is C29H26ClF3N2O9S. The second kappa shape index (κ2) is 11.7. The quantitative estimate of drug-likeness (QED) is 0.353. The van der Waals surface area contributed by atoms with Crippen molar-refractivity contribution in [2.45, 2.75) is 35.4 Å². The van der Waals surface area contributed by atoms with Crippen LogP contribution in [0.15, 0.2) is 65.6 Å². The Kier molecular flexibility index (Phi) is 8.42. The highest BCUT2D eigenvalue weighted by Crippen LogP contribution is 2.55. The molecule has 0 spiro atoms. The van der Waals surface area contributed by atoms with Crippen LogP contribution in [-0.2, 0) is 29.9 Å². The maximum Gasteiger partial charge on any atom is 0.573 e. The van der Waals surface area contributed by atoms with E-state index in [1.807, 2.05) is 0 Å². The van der Waals surface area contributed by atoms with Crippen molar-refractivity contribution in [1.29, 1.82) is 0 Å². The fraction of sp³-hybridized carbons (Fsp3) is 0.310. The SMILES string of the molecule is COC(=O)[C@H]1C[C@H](O)CN1C1(c2ccccc2OC)C(=O)N(S(=O)(=O)c2ccc(OC)cc2OC(F)(F)F)c2ccc(Cl)cc21. The lowest BCUT2D eigenvalue weighted by Crippen LogP contribution is -2.58. The summed E-state index contributed by atoms with van der Waals surface area (Å²) in [4.78, 5) is 28.4. The topological polar surface area (TPSA) is 132 Å². The molecule has 3 aromatic carbocycles. The number of halogens is 4. The summed E-state index contributed by atoms with van der Waals surface area (Å²) < 4.78 is 89.1. The van der Waals surface area contributed by atoms with Gasteiger partial charge in [0.1, 0.15) is 22.4 Å². The molecule has 3 aromatic rings. The highest BCUT2D eigenvalue weighted by atomic mass is 35.5. The number of aliphatic hydroxyl groups is 1. The van der Waals surface area contributed by atoms with Crippen LogP contribution in [0.2, 0.25) is 5.02 Å². The van der Waals surface area contributed by atoms with Crippen LogP contribution in [-0.4, -0.2) is 76.7 Å². The van der Waals surface area contributed by atoms with Crippen LogP contribution >= 0.6 is 11.6 Å². The number of esters is 1. The minimum atomic E-state index is -5.31. The first-order valence-corrected chi connectivity index (χ1v) is 15.0. The third kappa shape index (κ3) is 5.32. The molecule has 240 valence electrons. The Morgan fingerprint density at radius 1 is 1.00 bits per heavy atom. The van der Waals surface area contributed by atoms with Crippen molar-refractivity contribution in [2.75, 3.05) is 32.2 Å². The molecule has 1 unspecified atom stereocenters. The number of likely N-dealkylation sites (tertiary alicyclic amines) is 1. The van der Waals surface area contributed by atoms with Gasteiger partial charge in [-0.2, -0.15) is 0 Å². The van der Waals surface area contributed by atoms with Gasteiger partial charge in [-0.05, 0) is 36.4 Å². The summed E-state index contributed by atoms with van der Waals surface area (Å²) in [5.41, 5.74) is -2.45. The molecular weight excluding hydrogens is 645 g/mol. The number of ether oxygens (including phenoxy) is 4. The molecule has 3 atom stereocenters. The monoisotopic (exact) mass is 670 g/mol. The second-order valence-electron chi connectivity index (χ2n) is 10.1. The van der Waals surface area contributed by atoms with Gasteiger partial charge in [-0.1, -0.05) is 29.8 Å². The van der Waals surface area contributed by atoms with E-state index in [-0.39, 0.29) is 46.3 Å². The summed E-state index contributed by atoms with van der Waals surface area (Å²) in [5.74, 6) is -3.23. The van der Waals surface area contributed by atoms with Crippen LogP contribution in [0.4, 0.5) is 18.9 Å². The zero-order chi connectivity index (χ0) is 32.9. The molecule has 1 fully saturated rings. The van der Waals surface area contributed by atoms with Gasteiger partial charge in [-0.25, -0.2) is 12.7 Å². The third-order valence-electron chi connectivity index (χ3n) is 7.64. The van der Waals surface area contributed by atoms with Crippen LogP contribution < -0.4 is 18.5 Å². The molecule has 11 nitrogen and oxygen atoms in total. The molecule has 5 rings (SSSR count). The predicted molar refractivity (Wildman–Crippen MR) is 153 cm³/mol. The smallest absolute Gasteiger partial charge is 0.497 e. The van der Waals surface area contributed by atoms with E-state index in [1.54, 1.807) is 12.1 Å². The number of para-hydroxylation sites is 1. The molecule has 45 heavy (non-hydrogen) atoms. The number of nitrogens with zero attached hydrogens (tertiary/aromatic N) is 2. The number of carbonyl (C=O) groups is 2. The molecule has 0 aromatic heterocycles. The summed E-state index contributed by atoms with van der Waals surface area (Å²) in [6.45, 7) is -0.311. The van der Waals surface area contributed by atoms with Crippen molar-refractivity contribution in [2.24, 2.45) is 0 Å². The fourth-order valence-electron chi connectivity index (χ4n) is 5.90. The van der Waals surface area contributed by atoms with E-state index in [2.05, 4.69) is 4.74 Å². The lowest BCUT2D eigenvalue weighted by atomic mass is 9.81. The number of carbonyl (C=O) groups excluding carboxylic acids is 2. The van der Waals surface area contributed by atoms with Crippen molar-refractivity contribution < 1.29 is 55.2 Å². The summed E-state index contributed by atoms with van der Waals surface area (Å²) in [7, 11) is -1.62. The largest absolute Gasteiger partial charge is 0.573 e. The number of anilines is 1. The molecule has 0 aliphatic carbocycles. The summed E-state index contributed by atoms with van der Waals surface area (Å²) >= 11 is 6.40. The molecule has 16 heteroatoms. The lowest BCUT2D eigenvalue weighted by molar-refractivity contribution is -0.275. The van der Waals surface area contributed by atoms with E-state index in [9.17, 15) is 31.5 Å². The minimum Gasteiger partial charge on any atom is -0.497 e. The number of fused-ring (bicyclic) bond motifs is 1. The molecule has 0 radical (unpaired) electrons. The van der Waals surface area contributed by atoms with Gasteiger partial charge < -0.3 is 24.1 Å². The Morgan fingerprint density at radius 2 is 1.71 bits per heavy atom. The number of methoxy groups -OCH3 is 3. The number of hydrogen-bond acceptors (Lipinski definition) is 10. The first kappa shape index (κ1) is 32.3. The summed E-state index contributed by atoms with van der Waals surface area (Å²) in [5, 5.41) is 10.8. The molecule has 0 bridgehead atoms. The molecule has 2 aliphatic heterocycles. The number of benzene rings is 3. The highest BCUT2D eigenvalue weighted by molar-refractivity contribution is 7.93. The molecule has 2 aliphatic rings. The van der Waals surface area contributed by atoms with Crippen LogP contribution in [0, 0.1) is 0 Å². The Bertz CT molecular complexity index is 1770. The zero-order valence-electron chi connectivity index (χ0n) is 23.9. The van der Waals surface area contributed by atoms with Gasteiger partial charge in [-0.15, -0.1) is 13.2 Å². The number of aliphatic hydroxyl groups excluding tert-OH is 1. The minimum absolute atomic E-state index is 0.0390. The van der Waals surface area contributed by atoms with Gasteiger partial charge in [0.05, 0.1) is 33.1 Å². The molecule has 1 amide bonds. The van der Waals surface area contributed by atoms with Crippen LogP contribution in [0.25, 0.3) is 0 Å². The number of hydrogen-bond donors (Lipinski definition) is 1. The van der Waals surface area contributed by atoms with Crippen LogP contribution in [0.5, 0.6) is 17.2 Å². The van der Waals surface area contributed by atoms with E-state index in [1.165, 1.54) is 42.3 Å². The molecule has 2 heterocycles. The van der Waals surface area contributed by atoms with Gasteiger partial charge in [-0.3, -0.25) is 14.5 Å². The number of alkyl halides is 3. The maximum absolute atomic E-state index is 15.0. The molecule has 0 saturated carbocycles. The van der Waals surface area contributed by atoms with Crippen molar-refractivity contribution in [3.63, 3.8) is 0 Å². The fourth-order valence-corrected chi connectivity index (χ4v) is 7.63. The average molecular weight is 671 g/mol. The summed E-state index contributed by atoms with van der Waals surface area (Å²) in [6.07, 6.45) is -6.64. The highest BCUT2D eigenvalue weighted by Gasteiger charge is 2.64. The van der Waals surface area contributed by atoms with Crippen molar-refractivity contribution in [3.8, 4) is 17.2 Å². The first-order chi connectivity index (χ1) is 21.2. The van der Waals surface area contributed by atoms with Gasteiger partial charge in [0.2, 0.25) is 0 Å². The number of sulfonamides is 1. The van der Waals surface area contributed by atoms with Gasteiger partial charge in [0.15, 0.2) is 11.3 Å². The van der Waals surface area contributed by atoms with Crippen LogP contribution in [0.3, 0.4) is 0 Å². The summed E-state index contributed by atoms with van der Waals surface area (Å²) in [6, 6.07) is 11.3. The van der Waals surface area contributed by atoms with E-state index >= 15 is 4.79 Å². The lowest BCUT2D eigenvalue weighted by Gasteiger charge is -2.41. The van der Waals surface area contributed by atoms with Crippen molar-refractivity contribution >= 4 is 39.2 Å². The maximum atomic E-state index is 15.0. The first-order valence-electron chi connectivity index (χ1n) is 13.2. The Balaban J connectivity index is 1.85. The zero-order valence-corrected chi connectivity index (χ0v) is 25.4. The Hall–Kier alpha value is -4.05. The molecule has 1 saturated heterocycles. The van der Waals surface area contributed by atoms with E-state index in [0.717, 1.165) is 32.4 Å². The standard InChI is InChI=1S/C29H26ClF3N2O9S/c1-41-18-9-11-25(24(14-18)44-29(31,32)33)45(39,40)35-21-10-8-16(30)12-20(21)28(27(35)38,19-6-4-5-7-23(19)42-2)34-15-17(36)13-22(34)26(37)43-3/h4-12,14,17,22,36H,13,15H2,1-3H3/t17-,22+,28?/m0/s1. The van der Waals surface area contributed by atoms with Gasteiger partial charge >= 0.3 is 12.3 Å². The average Bonchev–Trinajstić information content (AvgIpc) is 3.50. The van der Waals surface area contributed by atoms with Crippen LogP contribution in [0.1, 0.15) is 17.5 Å². The Labute approximate surface area is 260 Å².